The first-order valence-corrected chi connectivity index (χ1v) is 7.33. The molecule has 2 N–H and O–H groups in total. The van der Waals surface area contributed by atoms with Crippen molar-refractivity contribution in [2.24, 2.45) is 0 Å². The van der Waals surface area contributed by atoms with Crippen molar-refractivity contribution in [2.75, 3.05) is 19.6 Å². The summed E-state index contributed by atoms with van der Waals surface area (Å²) in [6, 6.07) is 8.16. The smallest absolute Gasteiger partial charge is 0.275 e. The van der Waals surface area contributed by atoms with Crippen LogP contribution in [0.3, 0.4) is 0 Å². The average molecular weight is 312 g/mol. The van der Waals surface area contributed by atoms with Gasteiger partial charge in [-0.15, -0.1) is 0 Å². The Balaban J connectivity index is 1.84. The lowest BCUT2D eigenvalue weighted by molar-refractivity contribution is -0.879. The minimum atomic E-state index is 0.0765. The van der Waals surface area contributed by atoms with E-state index in [0.717, 1.165) is 23.1 Å². The van der Waals surface area contributed by atoms with Gasteiger partial charge >= 0.3 is 0 Å². The van der Waals surface area contributed by atoms with Crippen molar-refractivity contribution in [1.29, 1.82) is 0 Å². The van der Waals surface area contributed by atoms with Gasteiger partial charge in [0.2, 0.25) is 0 Å². The first kappa shape index (κ1) is 13.6. The molecule has 1 saturated heterocycles. The van der Waals surface area contributed by atoms with Crippen LogP contribution < -0.4 is 10.2 Å². The third-order valence-electron chi connectivity index (χ3n) is 3.47. The highest BCUT2D eigenvalue weighted by Crippen LogP contribution is 2.16. The van der Waals surface area contributed by atoms with E-state index in [2.05, 4.69) is 21.2 Å². The van der Waals surface area contributed by atoms with Gasteiger partial charge in [0, 0.05) is 17.3 Å². The summed E-state index contributed by atoms with van der Waals surface area (Å²) < 4.78 is 1.06. The summed E-state index contributed by atoms with van der Waals surface area (Å²) in [5.41, 5.74) is 1.14. The van der Waals surface area contributed by atoms with Crippen molar-refractivity contribution in [2.45, 2.75) is 25.8 Å². The number of quaternary nitrogens is 1. The van der Waals surface area contributed by atoms with Gasteiger partial charge in [-0.2, -0.15) is 0 Å². The number of rotatable bonds is 4. The Kier molecular flexibility index (Phi) is 4.78. The molecule has 1 aliphatic rings. The molecule has 0 bridgehead atoms. The van der Waals surface area contributed by atoms with Crippen LogP contribution in [0.25, 0.3) is 0 Å². The third kappa shape index (κ3) is 3.82. The second-order valence-corrected chi connectivity index (χ2v) is 5.89. The van der Waals surface area contributed by atoms with E-state index in [-0.39, 0.29) is 11.9 Å². The summed E-state index contributed by atoms with van der Waals surface area (Å²) >= 11 is 3.41. The maximum atomic E-state index is 11.9. The molecule has 0 aromatic heterocycles. The van der Waals surface area contributed by atoms with Crippen LogP contribution in [0.5, 0.6) is 0 Å². The number of carbonyl (C=O) groups is 1. The molecule has 98 valence electrons. The number of nitrogens with one attached hydrogen (secondary N) is 2. The predicted molar refractivity (Wildman–Crippen MR) is 75.5 cm³/mol. The van der Waals surface area contributed by atoms with E-state index in [1.165, 1.54) is 17.7 Å². The lowest BCUT2D eigenvalue weighted by Gasteiger charge is -2.16. The van der Waals surface area contributed by atoms with Crippen LogP contribution in [-0.4, -0.2) is 25.5 Å². The van der Waals surface area contributed by atoms with E-state index in [9.17, 15) is 4.79 Å². The van der Waals surface area contributed by atoms with Gasteiger partial charge in [0.25, 0.3) is 5.91 Å². The Bertz CT molecular complexity index is 399. The summed E-state index contributed by atoms with van der Waals surface area (Å²) in [5, 5.41) is 3.07. The highest BCUT2D eigenvalue weighted by atomic mass is 79.9. The molecular formula is C14H20BrN2O+. The highest BCUT2D eigenvalue weighted by molar-refractivity contribution is 9.10. The molecule has 2 rings (SSSR count). The van der Waals surface area contributed by atoms with Crippen LogP contribution in [0.1, 0.15) is 31.4 Å². The number of hydrogen-bond acceptors (Lipinski definition) is 1. The minimum Gasteiger partial charge on any atom is -0.345 e. The molecule has 0 spiro atoms. The van der Waals surface area contributed by atoms with Crippen LogP contribution in [0.4, 0.5) is 0 Å². The summed E-state index contributed by atoms with van der Waals surface area (Å²) in [5.74, 6) is 0.155. The number of likely N-dealkylation sites (tertiary alicyclic amines) is 1. The molecule has 0 aliphatic carbocycles. The van der Waals surface area contributed by atoms with Crippen molar-refractivity contribution in [1.82, 2.24) is 5.32 Å². The zero-order chi connectivity index (χ0) is 13.0. The van der Waals surface area contributed by atoms with Crippen LogP contribution >= 0.6 is 15.9 Å². The molecule has 4 heteroatoms. The quantitative estimate of drug-likeness (QED) is 0.863. The van der Waals surface area contributed by atoms with Gasteiger partial charge in [-0.05, 0) is 24.6 Å². The lowest BCUT2D eigenvalue weighted by atomic mass is 10.1. The Hall–Kier alpha value is -0.870. The van der Waals surface area contributed by atoms with Gasteiger partial charge in [0.1, 0.15) is 0 Å². The van der Waals surface area contributed by atoms with Crippen LogP contribution in [-0.2, 0) is 4.79 Å². The normalized spacial score (nSPS) is 17.7. The maximum absolute atomic E-state index is 11.9. The molecule has 0 unspecified atom stereocenters. The molecule has 1 fully saturated rings. The second-order valence-electron chi connectivity index (χ2n) is 4.97. The van der Waals surface area contributed by atoms with Crippen molar-refractivity contribution in [3.05, 3.63) is 34.3 Å². The van der Waals surface area contributed by atoms with E-state index in [4.69, 9.17) is 0 Å². The second kappa shape index (κ2) is 6.34. The summed E-state index contributed by atoms with van der Waals surface area (Å²) in [7, 11) is 0. The minimum absolute atomic E-state index is 0.0765. The van der Waals surface area contributed by atoms with Gasteiger partial charge in [-0.3, -0.25) is 4.79 Å². The van der Waals surface area contributed by atoms with Gasteiger partial charge < -0.3 is 10.2 Å². The van der Waals surface area contributed by atoms with Crippen molar-refractivity contribution in [3.8, 4) is 0 Å². The van der Waals surface area contributed by atoms with Gasteiger partial charge in [-0.1, -0.05) is 28.1 Å². The summed E-state index contributed by atoms with van der Waals surface area (Å²) in [6.45, 7) is 4.92. The van der Waals surface area contributed by atoms with Crippen LogP contribution in [0.2, 0.25) is 0 Å². The fourth-order valence-corrected chi connectivity index (χ4v) is 2.67. The molecule has 1 aromatic rings. The topological polar surface area (TPSA) is 33.5 Å². The molecular weight excluding hydrogens is 292 g/mol. The molecule has 0 saturated carbocycles. The van der Waals surface area contributed by atoms with Crippen molar-refractivity contribution >= 4 is 21.8 Å². The predicted octanol–water partition coefficient (Wildman–Crippen LogP) is 1.31. The van der Waals surface area contributed by atoms with Gasteiger partial charge in [-0.25, -0.2) is 0 Å². The van der Waals surface area contributed by atoms with E-state index in [1.54, 1.807) is 0 Å². The van der Waals surface area contributed by atoms with Gasteiger partial charge in [0.15, 0.2) is 6.54 Å². The molecule has 1 atom stereocenters. The molecule has 1 amide bonds. The van der Waals surface area contributed by atoms with Crippen LogP contribution in [0, 0.1) is 0 Å². The maximum Gasteiger partial charge on any atom is 0.275 e. The third-order valence-corrected chi connectivity index (χ3v) is 4.00. The number of halogens is 1. The van der Waals surface area contributed by atoms with E-state index >= 15 is 0 Å². The lowest BCUT2D eigenvalue weighted by Crippen LogP contribution is -3.11. The number of benzene rings is 1. The monoisotopic (exact) mass is 311 g/mol. The molecule has 3 nitrogen and oxygen atoms in total. The SMILES string of the molecule is C[C@H](NC(=O)C[NH+]1CCCC1)c1ccc(Br)cc1. The van der Waals surface area contributed by atoms with Crippen LogP contribution in [0.15, 0.2) is 28.7 Å². The molecule has 18 heavy (non-hydrogen) atoms. The Labute approximate surface area is 117 Å². The molecule has 1 aromatic carbocycles. The fraction of sp³-hybridized carbons (Fsp3) is 0.500. The zero-order valence-electron chi connectivity index (χ0n) is 10.7. The van der Waals surface area contributed by atoms with Crippen molar-refractivity contribution in [3.63, 3.8) is 0 Å². The highest BCUT2D eigenvalue weighted by Gasteiger charge is 2.19. The molecule has 1 aliphatic heterocycles. The number of hydrogen-bond donors (Lipinski definition) is 2. The average Bonchev–Trinajstić information content (AvgIpc) is 2.82. The number of carbonyl (C=O) groups excluding carboxylic acids is 1. The fourth-order valence-electron chi connectivity index (χ4n) is 2.41. The summed E-state index contributed by atoms with van der Waals surface area (Å²) in [4.78, 5) is 13.3. The van der Waals surface area contributed by atoms with Gasteiger partial charge in [0.05, 0.1) is 19.1 Å². The molecule has 1 heterocycles. The standard InChI is InChI=1S/C14H19BrN2O/c1-11(12-4-6-13(15)7-5-12)16-14(18)10-17-8-2-3-9-17/h4-7,11H,2-3,8-10H2,1H3,(H,16,18)/p+1/t11-/m0/s1. The first-order chi connectivity index (χ1) is 8.65. The van der Waals surface area contributed by atoms with E-state index < -0.39 is 0 Å². The first-order valence-electron chi connectivity index (χ1n) is 6.53. The van der Waals surface area contributed by atoms with Crippen molar-refractivity contribution < 1.29 is 9.69 Å². The Morgan fingerprint density at radius 1 is 1.33 bits per heavy atom. The molecule has 0 radical (unpaired) electrons. The number of amides is 1. The van der Waals surface area contributed by atoms with E-state index in [0.29, 0.717) is 6.54 Å². The largest absolute Gasteiger partial charge is 0.345 e. The Morgan fingerprint density at radius 2 is 1.94 bits per heavy atom. The summed E-state index contributed by atoms with van der Waals surface area (Å²) in [6.07, 6.45) is 2.51. The van der Waals surface area contributed by atoms with E-state index in [1.807, 2.05) is 31.2 Å². The Morgan fingerprint density at radius 3 is 2.56 bits per heavy atom. The zero-order valence-corrected chi connectivity index (χ0v) is 12.3.